The predicted octanol–water partition coefficient (Wildman–Crippen LogP) is 4.17. The SMILES string of the molecule is Cc1cn([C@H]2C[C@H](OCc3ccccc3)[C@@H](COCCCBr)O2)c(=O)n(COCc2ccccc2)c1=O. The number of ether oxygens (including phenoxy) is 4. The van der Waals surface area contributed by atoms with Crippen LogP contribution in [0.2, 0.25) is 0 Å². The summed E-state index contributed by atoms with van der Waals surface area (Å²) < 4.78 is 26.6. The maximum absolute atomic E-state index is 13.4. The van der Waals surface area contributed by atoms with Gasteiger partial charge in [0.15, 0.2) is 0 Å². The van der Waals surface area contributed by atoms with E-state index in [4.69, 9.17) is 18.9 Å². The van der Waals surface area contributed by atoms with Gasteiger partial charge >= 0.3 is 5.69 Å². The average molecular weight is 573 g/mol. The summed E-state index contributed by atoms with van der Waals surface area (Å²) in [4.78, 5) is 26.1. The topological polar surface area (TPSA) is 80.9 Å². The third kappa shape index (κ3) is 7.49. The smallest absolute Gasteiger partial charge is 0.335 e. The zero-order valence-corrected chi connectivity index (χ0v) is 22.5. The lowest BCUT2D eigenvalue weighted by molar-refractivity contribution is -0.0807. The highest BCUT2D eigenvalue weighted by atomic mass is 79.9. The Balaban J connectivity index is 1.49. The highest BCUT2D eigenvalue weighted by Gasteiger charge is 2.38. The lowest BCUT2D eigenvalue weighted by Crippen LogP contribution is -2.42. The number of rotatable bonds is 13. The molecule has 2 heterocycles. The first-order chi connectivity index (χ1) is 18.1. The van der Waals surface area contributed by atoms with E-state index in [0.717, 1.165) is 27.4 Å². The molecule has 3 atom stereocenters. The Morgan fingerprint density at radius 2 is 1.65 bits per heavy atom. The molecule has 37 heavy (non-hydrogen) atoms. The summed E-state index contributed by atoms with van der Waals surface area (Å²) in [5.41, 5.74) is 1.60. The Morgan fingerprint density at radius 3 is 2.32 bits per heavy atom. The van der Waals surface area contributed by atoms with Gasteiger partial charge in [-0.1, -0.05) is 76.6 Å². The van der Waals surface area contributed by atoms with E-state index in [0.29, 0.717) is 38.4 Å². The maximum atomic E-state index is 13.4. The van der Waals surface area contributed by atoms with Gasteiger partial charge in [-0.05, 0) is 24.5 Å². The van der Waals surface area contributed by atoms with Crippen LogP contribution in [-0.2, 0) is 38.9 Å². The van der Waals surface area contributed by atoms with Crippen LogP contribution in [0.4, 0.5) is 0 Å². The molecule has 2 aromatic carbocycles. The molecule has 0 radical (unpaired) electrons. The van der Waals surface area contributed by atoms with Gasteiger partial charge in [-0.3, -0.25) is 9.36 Å². The van der Waals surface area contributed by atoms with Crippen LogP contribution in [0, 0.1) is 6.92 Å². The molecule has 1 fully saturated rings. The van der Waals surface area contributed by atoms with Gasteiger partial charge in [-0.15, -0.1) is 0 Å². The van der Waals surface area contributed by atoms with E-state index < -0.39 is 11.9 Å². The normalized spacial score (nSPS) is 19.4. The summed E-state index contributed by atoms with van der Waals surface area (Å²) in [6.45, 7) is 3.23. The van der Waals surface area contributed by atoms with E-state index in [-0.39, 0.29) is 24.5 Å². The molecule has 0 bridgehead atoms. The fraction of sp³-hybridized carbons (Fsp3) is 0.429. The molecule has 0 amide bonds. The van der Waals surface area contributed by atoms with Crippen LogP contribution in [-0.4, -0.2) is 39.9 Å². The lowest BCUT2D eigenvalue weighted by atomic mass is 10.1. The number of hydrogen-bond donors (Lipinski definition) is 0. The maximum Gasteiger partial charge on any atom is 0.335 e. The summed E-state index contributed by atoms with van der Waals surface area (Å²) in [7, 11) is 0. The summed E-state index contributed by atoms with van der Waals surface area (Å²) in [6.07, 6.45) is 1.71. The van der Waals surface area contributed by atoms with Gasteiger partial charge in [0, 0.05) is 30.1 Å². The molecule has 0 aliphatic carbocycles. The van der Waals surface area contributed by atoms with Crippen molar-refractivity contribution in [2.45, 2.75) is 58.1 Å². The predicted molar refractivity (Wildman–Crippen MR) is 144 cm³/mol. The molecule has 198 valence electrons. The first kappa shape index (κ1) is 27.5. The summed E-state index contributed by atoms with van der Waals surface area (Å²) in [6, 6.07) is 19.5. The molecule has 1 aliphatic rings. The molecule has 1 saturated heterocycles. The van der Waals surface area contributed by atoms with Gasteiger partial charge < -0.3 is 18.9 Å². The molecule has 0 saturated carbocycles. The molecular formula is C28H33BrN2O6. The fourth-order valence-electron chi connectivity index (χ4n) is 4.24. The summed E-state index contributed by atoms with van der Waals surface area (Å²) in [5.74, 6) is 0. The van der Waals surface area contributed by atoms with Crippen molar-refractivity contribution in [2.75, 3.05) is 18.5 Å². The number of nitrogens with zero attached hydrogens (tertiary/aromatic N) is 2. The lowest BCUT2D eigenvalue weighted by Gasteiger charge is -2.19. The number of hydrogen-bond acceptors (Lipinski definition) is 6. The van der Waals surface area contributed by atoms with E-state index in [1.165, 1.54) is 4.57 Å². The van der Waals surface area contributed by atoms with Crippen LogP contribution in [0.5, 0.6) is 0 Å². The van der Waals surface area contributed by atoms with Crippen molar-refractivity contribution in [3.63, 3.8) is 0 Å². The highest BCUT2D eigenvalue weighted by molar-refractivity contribution is 9.09. The molecule has 0 unspecified atom stereocenters. The van der Waals surface area contributed by atoms with Crippen molar-refractivity contribution in [3.8, 4) is 0 Å². The molecule has 8 nitrogen and oxygen atoms in total. The van der Waals surface area contributed by atoms with Gasteiger partial charge in [-0.2, -0.15) is 0 Å². The van der Waals surface area contributed by atoms with Crippen LogP contribution in [0.15, 0.2) is 76.4 Å². The minimum Gasteiger partial charge on any atom is -0.379 e. The molecule has 0 N–H and O–H groups in total. The fourth-order valence-corrected chi connectivity index (χ4v) is 4.47. The average Bonchev–Trinajstić information content (AvgIpc) is 3.33. The Morgan fingerprint density at radius 1 is 0.973 bits per heavy atom. The van der Waals surface area contributed by atoms with Crippen LogP contribution < -0.4 is 11.2 Å². The molecule has 9 heteroatoms. The Kier molecular flexibility index (Phi) is 10.3. The highest BCUT2D eigenvalue weighted by Crippen LogP contribution is 2.31. The Bertz CT molecular complexity index is 1230. The number of aryl methyl sites for hydroxylation is 1. The quantitative estimate of drug-likeness (QED) is 0.226. The summed E-state index contributed by atoms with van der Waals surface area (Å²) >= 11 is 3.41. The third-order valence-corrected chi connectivity index (χ3v) is 6.76. The van der Waals surface area contributed by atoms with Gasteiger partial charge in [0.05, 0.1) is 25.9 Å². The van der Waals surface area contributed by atoms with E-state index in [2.05, 4.69) is 15.9 Å². The van der Waals surface area contributed by atoms with Gasteiger partial charge in [0.2, 0.25) is 0 Å². The van der Waals surface area contributed by atoms with Crippen molar-refractivity contribution in [1.29, 1.82) is 0 Å². The van der Waals surface area contributed by atoms with Crippen LogP contribution in [0.25, 0.3) is 0 Å². The minimum absolute atomic E-state index is 0.145. The molecular weight excluding hydrogens is 540 g/mol. The Labute approximate surface area is 224 Å². The van der Waals surface area contributed by atoms with E-state index in [1.807, 2.05) is 60.7 Å². The number of benzene rings is 2. The van der Waals surface area contributed by atoms with Crippen molar-refractivity contribution < 1.29 is 18.9 Å². The number of alkyl halides is 1. The third-order valence-electron chi connectivity index (χ3n) is 6.20. The monoisotopic (exact) mass is 572 g/mol. The largest absolute Gasteiger partial charge is 0.379 e. The zero-order valence-electron chi connectivity index (χ0n) is 21.0. The second-order valence-corrected chi connectivity index (χ2v) is 9.81. The summed E-state index contributed by atoms with van der Waals surface area (Å²) in [5, 5.41) is 0.859. The van der Waals surface area contributed by atoms with Crippen molar-refractivity contribution in [1.82, 2.24) is 9.13 Å². The van der Waals surface area contributed by atoms with Crippen LogP contribution in [0.3, 0.4) is 0 Å². The van der Waals surface area contributed by atoms with Gasteiger partial charge in [-0.25, -0.2) is 9.36 Å². The van der Waals surface area contributed by atoms with E-state index in [9.17, 15) is 9.59 Å². The molecule has 0 spiro atoms. The number of halogens is 1. The van der Waals surface area contributed by atoms with Crippen LogP contribution >= 0.6 is 15.9 Å². The van der Waals surface area contributed by atoms with Crippen molar-refractivity contribution in [2.24, 2.45) is 0 Å². The second-order valence-electron chi connectivity index (χ2n) is 9.02. The standard InChI is InChI=1S/C28H33BrN2O6/c1-21-16-30(28(33)31(27(21)32)20-35-17-22-9-4-2-5-10-22)26-15-24(25(37-26)19-34-14-8-13-29)36-18-23-11-6-3-7-12-23/h2-7,9-12,16,24-26H,8,13-15,17-20H2,1H3/t24-,25+,26+/m0/s1. The minimum atomic E-state index is -0.585. The second kappa shape index (κ2) is 13.8. The number of aromatic nitrogens is 2. The van der Waals surface area contributed by atoms with Crippen molar-refractivity contribution >= 4 is 15.9 Å². The molecule has 4 rings (SSSR count). The van der Waals surface area contributed by atoms with Crippen LogP contribution in [0.1, 0.15) is 35.8 Å². The van der Waals surface area contributed by atoms with E-state index >= 15 is 0 Å². The molecule has 1 aliphatic heterocycles. The van der Waals surface area contributed by atoms with Gasteiger partial charge in [0.1, 0.15) is 19.1 Å². The van der Waals surface area contributed by atoms with Crippen molar-refractivity contribution in [3.05, 3.63) is 104 Å². The van der Waals surface area contributed by atoms with Gasteiger partial charge in [0.25, 0.3) is 5.56 Å². The Hall–Kier alpha value is -2.56. The first-order valence-corrected chi connectivity index (χ1v) is 13.6. The van der Waals surface area contributed by atoms with E-state index in [1.54, 1.807) is 13.1 Å². The molecule has 3 aromatic rings. The molecule has 1 aromatic heterocycles. The first-order valence-electron chi connectivity index (χ1n) is 12.5. The zero-order chi connectivity index (χ0) is 26.0.